The fraction of sp³-hybridized carbons (Fsp3) is 0.200. The molecule has 4 rings (SSSR count). The molecule has 0 saturated carbocycles. The van der Waals surface area contributed by atoms with Crippen LogP contribution in [0.15, 0.2) is 48.6 Å². The predicted molar refractivity (Wildman–Crippen MR) is 91.7 cm³/mol. The topological polar surface area (TPSA) is 71.1 Å². The van der Waals surface area contributed by atoms with Gasteiger partial charge >= 0.3 is 0 Å². The highest BCUT2D eigenvalue weighted by atomic mass is 16.7. The fourth-order valence-electron chi connectivity index (χ4n) is 2.81. The summed E-state index contributed by atoms with van der Waals surface area (Å²) < 4.78 is 21.1. The first-order valence-electron chi connectivity index (χ1n) is 8.18. The van der Waals surface area contributed by atoms with Crippen LogP contribution in [0.2, 0.25) is 0 Å². The van der Waals surface area contributed by atoms with Crippen molar-refractivity contribution in [3.63, 3.8) is 0 Å². The van der Waals surface area contributed by atoms with E-state index in [1.54, 1.807) is 24.3 Å². The maximum absolute atomic E-state index is 12.1. The number of rotatable bonds is 6. The Morgan fingerprint density at radius 1 is 0.692 bits per heavy atom. The summed E-state index contributed by atoms with van der Waals surface area (Å²) in [6, 6.07) is 10.7. The van der Waals surface area contributed by atoms with Gasteiger partial charge in [-0.05, 0) is 47.5 Å². The van der Waals surface area contributed by atoms with E-state index in [2.05, 4.69) is 0 Å². The van der Waals surface area contributed by atoms with Gasteiger partial charge in [0, 0.05) is 12.8 Å². The number of carbonyl (C=O) groups excluding carboxylic acids is 2. The smallest absolute Gasteiger partial charge is 0.231 e. The van der Waals surface area contributed by atoms with Crippen LogP contribution >= 0.6 is 0 Å². The zero-order valence-corrected chi connectivity index (χ0v) is 13.9. The minimum absolute atomic E-state index is 0.150. The third-order valence-electron chi connectivity index (χ3n) is 4.09. The molecule has 6 nitrogen and oxygen atoms in total. The Balaban J connectivity index is 1.33. The molecule has 0 unspecified atom stereocenters. The molecule has 2 aromatic rings. The van der Waals surface area contributed by atoms with E-state index in [-0.39, 0.29) is 38.0 Å². The molecule has 0 aliphatic carbocycles. The second kappa shape index (κ2) is 6.92. The zero-order chi connectivity index (χ0) is 17.9. The van der Waals surface area contributed by atoms with Crippen LogP contribution in [0.4, 0.5) is 0 Å². The maximum Gasteiger partial charge on any atom is 0.231 e. The molecule has 26 heavy (non-hydrogen) atoms. The van der Waals surface area contributed by atoms with Gasteiger partial charge in [0.05, 0.1) is 0 Å². The van der Waals surface area contributed by atoms with Crippen molar-refractivity contribution in [2.75, 3.05) is 13.6 Å². The minimum Gasteiger partial charge on any atom is -0.454 e. The van der Waals surface area contributed by atoms with Gasteiger partial charge in [-0.3, -0.25) is 9.59 Å². The first-order valence-corrected chi connectivity index (χ1v) is 8.18. The van der Waals surface area contributed by atoms with Crippen LogP contribution in [0.25, 0.3) is 0 Å². The Labute approximate surface area is 149 Å². The van der Waals surface area contributed by atoms with Crippen molar-refractivity contribution in [3.05, 3.63) is 59.7 Å². The summed E-state index contributed by atoms with van der Waals surface area (Å²) in [4.78, 5) is 24.2. The highest BCUT2D eigenvalue weighted by molar-refractivity contribution is 6.00. The number of ether oxygens (including phenoxy) is 4. The van der Waals surface area contributed by atoms with Crippen LogP contribution in [-0.4, -0.2) is 25.2 Å². The Hall–Kier alpha value is -3.28. The number of hydrogen-bond donors (Lipinski definition) is 0. The quantitative estimate of drug-likeness (QED) is 0.745. The van der Waals surface area contributed by atoms with Crippen LogP contribution in [0.3, 0.4) is 0 Å². The largest absolute Gasteiger partial charge is 0.454 e. The van der Waals surface area contributed by atoms with Crippen LogP contribution in [-0.2, 0) is 22.4 Å². The van der Waals surface area contributed by atoms with E-state index >= 15 is 0 Å². The summed E-state index contributed by atoms with van der Waals surface area (Å²) in [5.41, 5.74) is 1.62. The van der Waals surface area contributed by atoms with E-state index in [9.17, 15) is 9.59 Å². The molecule has 0 spiro atoms. The van der Waals surface area contributed by atoms with Crippen molar-refractivity contribution < 1.29 is 28.5 Å². The van der Waals surface area contributed by atoms with Gasteiger partial charge in [0.2, 0.25) is 13.6 Å². The molecule has 0 fully saturated rings. The molecule has 0 amide bonds. The lowest BCUT2D eigenvalue weighted by molar-refractivity contribution is -0.116. The number of hydrogen-bond acceptors (Lipinski definition) is 6. The van der Waals surface area contributed by atoms with E-state index in [1.807, 2.05) is 12.1 Å². The van der Waals surface area contributed by atoms with E-state index < -0.39 is 0 Å². The fourth-order valence-corrected chi connectivity index (χ4v) is 2.81. The normalized spacial score (nSPS) is 14.0. The second-order valence-corrected chi connectivity index (χ2v) is 5.99. The average molecular weight is 352 g/mol. The molecule has 0 aromatic heterocycles. The van der Waals surface area contributed by atoms with Crippen molar-refractivity contribution in [3.8, 4) is 23.0 Å². The van der Waals surface area contributed by atoms with Crippen LogP contribution in [0.1, 0.15) is 11.1 Å². The molecule has 0 N–H and O–H groups in total. The van der Waals surface area contributed by atoms with Gasteiger partial charge in [-0.25, -0.2) is 0 Å². The van der Waals surface area contributed by atoms with Gasteiger partial charge in [-0.15, -0.1) is 0 Å². The predicted octanol–water partition coefficient (Wildman–Crippen LogP) is 2.62. The van der Waals surface area contributed by atoms with Gasteiger partial charge in [0.1, 0.15) is 0 Å². The number of allylic oxidation sites excluding steroid dienone is 2. The second-order valence-electron chi connectivity index (χ2n) is 5.99. The number of carbonyl (C=O) groups is 2. The Morgan fingerprint density at radius 2 is 1.12 bits per heavy atom. The van der Waals surface area contributed by atoms with Crippen molar-refractivity contribution in [2.45, 2.75) is 12.8 Å². The summed E-state index contributed by atoms with van der Waals surface area (Å²) in [5, 5.41) is 0. The first kappa shape index (κ1) is 16.2. The van der Waals surface area contributed by atoms with Gasteiger partial charge in [-0.1, -0.05) is 12.1 Å². The van der Waals surface area contributed by atoms with E-state index in [0.717, 1.165) is 11.1 Å². The average Bonchev–Trinajstić information content (AvgIpc) is 3.28. The zero-order valence-electron chi connectivity index (χ0n) is 13.9. The van der Waals surface area contributed by atoms with Crippen molar-refractivity contribution >= 4 is 11.6 Å². The summed E-state index contributed by atoms with van der Waals surface area (Å²) in [6.07, 6.45) is 3.04. The molecular formula is C20H16O6. The third-order valence-corrected chi connectivity index (χ3v) is 4.09. The molecule has 0 radical (unpaired) electrons. The Morgan fingerprint density at radius 3 is 1.58 bits per heavy atom. The molecule has 2 heterocycles. The van der Waals surface area contributed by atoms with Gasteiger partial charge in [0.15, 0.2) is 34.6 Å². The van der Waals surface area contributed by atoms with Gasteiger partial charge in [-0.2, -0.15) is 0 Å². The number of ketones is 2. The molecule has 0 bridgehead atoms. The standard InChI is InChI=1S/C20H16O6/c21-15(7-13-1-5-17-19(9-13)25-11-23-17)3-4-16(22)8-14-2-6-18-20(10-14)26-12-24-18/h1-6,9-10H,7-8,11-12H2/b4-3-. The molecule has 2 aromatic carbocycles. The lowest BCUT2D eigenvalue weighted by Gasteiger charge is -2.01. The van der Waals surface area contributed by atoms with Crippen LogP contribution < -0.4 is 18.9 Å². The minimum atomic E-state index is -0.150. The van der Waals surface area contributed by atoms with Crippen LogP contribution in [0.5, 0.6) is 23.0 Å². The molecule has 132 valence electrons. The highest BCUT2D eigenvalue weighted by Gasteiger charge is 2.15. The molecule has 2 aliphatic heterocycles. The van der Waals surface area contributed by atoms with E-state index in [4.69, 9.17) is 18.9 Å². The summed E-state index contributed by atoms with van der Waals surface area (Å²) in [7, 11) is 0. The van der Waals surface area contributed by atoms with E-state index in [0.29, 0.717) is 23.0 Å². The van der Waals surface area contributed by atoms with Gasteiger partial charge < -0.3 is 18.9 Å². The number of benzene rings is 2. The maximum atomic E-state index is 12.1. The SMILES string of the molecule is O=C(/C=C\C(=O)Cc1ccc2c(c1)OCO2)Cc1ccc2c(c1)OCO2. The summed E-state index contributed by atoms with van der Waals surface area (Å²) in [6.45, 7) is 0.391. The van der Waals surface area contributed by atoms with Crippen molar-refractivity contribution in [1.82, 2.24) is 0 Å². The highest BCUT2D eigenvalue weighted by Crippen LogP contribution is 2.33. The molecule has 2 aliphatic rings. The lowest BCUT2D eigenvalue weighted by Crippen LogP contribution is -2.03. The Kier molecular flexibility index (Phi) is 4.31. The molecule has 0 saturated heterocycles. The summed E-state index contributed by atoms with van der Waals surface area (Å²) >= 11 is 0. The van der Waals surface area contributed by atoms with Crippen LogP contribution in [0, 0.1) is 0 Å². The first-order chi connectivity index (χ1) is 12.7. The van der Waals surface area contributed by atoms with Crippen molar-refractivity contribution in [1.29, 1.82) is 0 Å². The Bertz CT molecular complexity index is 826. The summed E-state index contributed by atoms with van der Waals surface area (Å²) in [5.74, 6) is 2.33. The molecular weight excluding hydrogens is 336 g/mol. The van der Waals surface area contributed by atoms with Crippen molar-refractivity contribution in [2.24, 2.45) is 0 Å². The molecule has 6 heteroatoms. The number of fused-ring (bicyclic) bond motifs is 2. The monoisotopic (exact) mass is 352 g/mol. The third kappa shape index (κ3) is 3.54. The molecule has 0 atom stereocenters. The van der Waals surface area contributed by atoms with Gasteiger partial charge in [0.25, 0.3) is 0 Å². The van der Waals surface area contributed by atoms with E-state index in [1.165, 1.54) is 12.2 Å². The lowest BCUT2D eigenvalue weighted by atomic mass is 10.1.